The number of hydrogen-bond donors (Lipinski definition) is 3. The molecule has 0 radical (unpaired) electrons. The highest BCUT2D eigenvalue weighted by molar-refractivity contribution is 7.23. The number of nitrogens with zero attached hydrogens (tertiary/aromatic N) is 1. The van der Waals surface area contributed by atoms with Crippen molar-refractivity contribution in [3.63, 3.8) is 0 Å². The first-order chi connectivity index (χ1) is 10.1. The zero-order valence-electron chi connectivity index (χ0n) is 11.0. The molecule has 5 nitrogen and oxygen atoms in total. The van der Waals surface area contributed by atoms with E-state index in [9.17, 15) is 4.79 Å². The summed E-state index contributed by atoms with van der Waals surface area (Å²) < 4.78 is 0.764. The molecule has 0 aliphatic heterocycles. The van der Waals surface area contributed by atoms with Crippen LogP contribution in [0, 0.1) is 0 Å². The lowest BCUT2D eigenvalue weighted by atomic mass is 10.2. The Hall–Kier alpha value is -1.96. The minimum atomic E-state index is -0.507. The zero-order valence-corrected chi connectivity index (χ0v) is 12.6. The molecule has 0 unspecified atom stereocenters. The maximum Gasteiger partial charge on any atom is 0.251 e. The maximum absolute atomic E-state index is 11.5. The average Bonchev–Trinajstić information content (AvgIpc) is 3.05. The second-order valence-electron chi connectivity index (χ2n) is 4.55. The third kappa shape index (κ3) is 2.51. The van der Waals surface area contributed by atoms with Gasteiger partial charge in [-0.3, -0.25) is 4.79 Å². The number of primary amides is 1. The van der Waals surface area contributed by atoms with E-state index in [1.165, 1.54) is 17.5 Å². The summed E-state index contributed by atoms with van der Waals surface area (Å²) in [5.41, 5.74) is 12.7. The Morgan fingerprint density at radius 3 is 2.90 bits per heavy atom. The number of hydrogen-bond acceptors (Lipinski definition) is 6. The highest BCUT2D eigenvalue weighted by Gasteiger charge is 2.15. The number of pyridine rings is 1. The molecule has 108 valence electrons. The second-order valence-corrected chi connectivity index (χ2v) is 6.60. The molecule has 3 aromatic rings. The van der Waals surface area contributed by atoms with Gasteiger partial charge in [0.25, 0.3) is 5.91 Å². The lowest BCUT2D eigenvalue weighted by Gasteiger charge is -1.99. The van der Waals surface area contributed by atoms with Crippen LogP contribution in [0.2, 0.25) is 0 Å². The van der Waals surface area contributed by atoms with Crippen molar-refractivity contribution >= 4 is 44.5 Å². The molecule has 0 bridgehead atoms. The molecule has 7 heteroatoms. The van der Waals surface area contributed by atoms with E-state index in [4.69, 9.17) is 16.6 Å². The minimum absolute atomic E-state index is 0.134. The number of anilines is 1. The minimum Gasteiger partial charge on any atom is -0.396 e. The molecule has 0 atom stereocenters. The van der Waals surface area contributed by atoms with Gasteiger partial charge in [-0.1, -0.05) is 0 Å². The SMILES string of the molecule is NC(=O)c1cnc(N)c2cc(-c3csc(CCO)c3)sc12. The number of amides is 1. The first-order valence-corrected chi connectivity index (χ1v) is 7.96. The molecule has 0 saturated carbocycles. The third-order valence-electron chi connectivity index (χ3n) is 3.15. The molecule has 3 rings (SSSR count). The number of thiophene rings is 2. The van der Waals surface area contributed by atoms with E-state index in [1.807, 2.05) is 17.5 Å². The molecule has 0 spiro atoms. The Balaban J connectivity index is 2.13. The van der Waals surface area contributed by atoms with Crippen molar-refractivity contribution in [2.24, 2.45) is 5.73 Å². The van der Waals surface area contributed by atoms with Gasteiger partial charge in [0.1, 0.15) is 5.82 Å². The Labute approximate surface area is 128 Å². The number of carbonyl (C=O) groups excluding carboxylic acids is 1. The summed E-state index contributed by atoms with van der Waals surface area (Å²) in [5.74, 6) is -0.115. The van der Waals surface area contributed by atoms with Crippen molar-refractivity contribution in [2.75, 3.05) is 12.3 Å². The van der Waals surface area contributed by atoms with Crippen LogP contribution in [-0.2, 0) is 6.42 Å². The molecule has 0 saturated heterocycles. The third-order valence-corrected chi connectivity index (χ3v) is 5.36. The van der Waals surface area contributed by atoms with Crippen molar-refractivity contribution in [1.29, 1.82) is 0 Å². The first kappa shape index (κ1) is 14.0. The predicted octanol–water partition coefficient (Wildman–Crippen LogP) is 2.24. The number of aromatic nitrogens is 1. The number of aliphatic hydroxyl groups excluding tert-OH is 1. The van der Waals surface area contributed by atoms with E-state index in [0.717, 1.165) is 25.4 Å². The molecular formula is C14H13N3O2S2. The van der Waals surface area contributed by atoms with E-state index >= 15 is 0 Å². The molecule has 1 amide bonds. The number of carbonyl (C=O) groups is 1. The van der Waals surface area contributed by atoms with E-state index in [2.05, 4.69) is 4.98 Å². The van der Waals surface area contributed by atoms with Crippen molar-refractivity contribution in [2.45, 2.75) is 6.42 Å². The van der Waals surface area contributed by atoms with E-state index in [0.29, 0.717) is 17.8 Å². The monoisotopic (exact) mass is 319 g/mol. The van der Waals surface area contributed by atoms with Gasteiger partial charge < -0.3 is 16.6 Å². The normalized spacial score (nSPS) is 11.1. The summed E-state index contributed by atoms with van der Waals surface area (Å²) >= 11 is 3.08. The summed E-state index contributed by atoms with van der Waals surface area (Å²) in [6.07, 6.45) is 2.07. The smallest absolute Gasteiger partial charge is 0.251 e. The van der Waals surface area contributed by atoms with Crippen LogP contribution in [0.15, 0.2) is 23.7 Å². The van der Waals surface area contributed by atoms with Gasteiger partial charge in [0.05, 0.1) is 10.3 Å². The molecule has 0 fully saturated rings. The number of nitrogens with two attached hydrogens (primary N) is 2. The topological polar surface area (TPSA) is 102 Å². The lowest BCUT2D eigenvalue weighted by Crippen LogP contribution is -2.11. The Bertz CT molecular complexity index is 823. The van der Waals surface area contributed by atoms with Gasteiger partial charge in [0.2, 0.25) is 0 Å². The van der Waals surface area contributed by atoms with Crippen molar-refractivity contribution < 1.29 is 9.90 Å². The van der Waals surface area contributed by atoms with Gasteiger partial charge in [-0.15, -0.1) is 22.7 Å². The fourth-order valence-electron chi connectivity index (χ4n) is 2.11. The van der Waals surface area contributed by atoms with Gasteiger partial charge >= 0.3 is 0 Å². The second kappa shape index (κ2) is 5.44. The van der Waals surface area contributed by atoms with Crippen LogP contribution in [0.1, 0.15) is 15.2 Å². The quantitative estimate of drug-likeness (QED) is 0.686. The molecule has 0 aliphatic carbocycles. The van der Waals surface area contributed by atoms with E-state index in [1.54, 1.807) is 11.3 Å². The van der Waals surface area contributed by atoms with Crippen LogP contribution in [-0.4, -0.2) is 22.6 Å². The largest absolute Gasteiger partial charge is 0.396 e. The summed E-state index contributed by atoms with van der Waals surface area (Å²) in [4.78, 5) is 17.6. The first-order valence-electron chi connectivity index (χ1n) is 6.26. The lowest BCUT2D eigenvalue weighted by molar-refractivity contribution is 0.100. The highest BCUT2D eigenvalue weighted by Crippen LogP contribution is 2.38. The highest BCUT2D eigenvalue weighted by atomic mass is 32.1. The molecule has 5 N–H and O–H groups in total. The van der Waals surface area contributed by atoms with Gasteiger partial charge in [-0.05, 0) is 17.5 Å². The Morgan fingerprint density at radius 1 is 1.38 bits per heavy atom. The van der Waals surface area contributed by atoms with Gasteiger partial charge in [-0.2, -0.15) is 0 Å². The average molecular weight is 319 g/mol. The number of aliphatic hydroxyl groups is 1. The summed E-state index contributed by atoms with van der Waals surface area (Å²) in [6, 6.07) is 3.97. The molecule has 3 aromatic heterocycles. The van der Waals surface area contributed by atoms with Crippen molar-refractivity contribution in [3.05, 3.63) is 34.2 Å². The number of fused-ring (bicyclic) bond motifs is 1. The van der Waals surface area contributed by atoms with Gasteiger partial charge in [0, 0.05) is 39.9 Å². The Kier molecular flexibility index (Phi) is 3.62. The number of rotatable bonds is 4. The van der Waals surface area contributed by atoms with E-state index in [-0.39, 0.29) is 6.61 Å². The van der Waals surface area contributed by atoms with Crippen LogP contribution >= 0.6 is 22.7 Å². The van der Waals surface area contributed by atoms with Crippen molar-refractivity contribution in [3.8, 4) is 10.4 Å². The fourth-order valence-corrected chi connectivity index (χ4v) is 4.23. The fraction of sp³-hybridized carbons (Fsp3) is 0.143. The standard InChI is InChI=1S/C14H13N3O2S2/c15-13-9-4-11(7-3-8(1-2-18)20-6-7)21-12(9)10(5-17-13)14(16)19/h3-6,18H,1-2H2,(H2,15,17)(H2,16,19). The van der Waals surface area contributed by atoms with E-state index < -0.39 is 5.91 Å². The summed E-state index contributed by atoms with van der Waals surface area (Å²) in [7, 11) is 0. The molecule has 0 aromatic carbocycles. The van der Waals surface area contributed by atoms with Crippen molar-refractivity contribution in [1.82, 2.24) is 4.98 Å². The van der Waals surface area contributed by atoms with Crippen LogP contribution < -0.4 is 11.5 Å². The molecule has 0 aliphatic rings. The number of nitrogen functional groups attached to an aromatic ring is 1. The maximum atomic E-state index is 11.5. The van der Waals surface area contributed by atoms with Crippen LogP contribution in [0.3, 0.4) is 0 Å². The predicted molar refractivity (Wildman–Crippen MR) is 86.7 cm³/mol. The Morgan fingerprint density at radius 2 is 2.19 bits per heavy atom. The molecular weight excluding hydrogens is 306 g/mol. The summed E-state index contributed by atoms with van der Waals surface area (Å²) in [6.45, 7) is 0.134. The van der Waals surface area contributed by atoms with Crippen LogP contribution in [0.5, 0.6) is 0 Å². The summed E-state index contributed by atoms with van der Waals surface area (Å²) in [5, 5.41) is 11.8. The van der Waals surface area contributed by atoms with Gasteiger partial charge in [-0.25, -0.2) is 4.98 Å². The van der Waals surface area contributed by atoms with Crippen LogP contribution in [0.25, 0.3) is 20.5 Å². The van der Waals surface area contributed by atoms with Gasteiger partial charge in [0.15, 0.2) is 0 Å². The molecule has 3 heterocycles. The molecule has 21 heavy (non-hydrogen) atoms. The van der Waals surface area contributed by atoms with Crippen LogP contribution in [0.4, 0.5) is 5.82 Å². The zero-order chi connectivity index (χ0) is 15.0.